The predicted octanol–water partition coefficient (Wildman–Crippen LogP) is 4.15. The largest absolute Gasteiger partial charge is 0.493 e. The second kappa shape index (κ2) is 9.82. The maximum Gasteiger partial charge on any atom is 0.344 e. The average molecular weight is 421 g/mol. The average Bonchev–Trinajstić information content (AvgIpc) is 2.61. The first kappa shape index (κ1) is 19.8. The molecule has 0 atom stereocenters. The van der Waals surface area contributed by atoms with Crippen LogP contribution in [0, 0.1) is 6.92 Å². The molecule has 2 aromatic carbocycles. The van der Waals surface area contributed by atoms with E-state index in [1.165, 1.54) is 7.11 Å². The second-order valence-electron chi connectivity index (χ2n) is 5.36. The van der Waals surface area contributed by atoms with E-state index < -0.39 is 5.97 Å². The Hall–Kier alpha value is -2.54. The predicted molar refractivity (Wildman–Crippen MR) is 105 cm³/mol. The van der Waals surface area contributed by atoms with E-state index in [4.69, 9.17) is 14.2 Å². The van der Waals surface area contributed by atoms with Crippen LogP contribution >= 0.6 is 15.9 Å². The fourth-order valence-electron chi connectivity index (χ4n) is 2.15. The molecule has 0 bridgehead atoms. The van der Waals surface area contributed by atoms with Crippen molar-refractivity contribution in [3.05, 3.63) is 52.0 Å². The zero-order valence-electron chi connectivity index (χ0n) is 14.9. The molecule has 0 radical (unpaired) electrons. The maximum atomic E-state index is 11.4. The molecule has 0 aromatic heterocycles. The summed E-state index contributed by atoms with van der Waals surface area (Å²) in [5, 5.41) is 4.24. The van der Waals surface area contributed by atoms with Gasteiger partial charge in [-0.15, -0.1) is 0 Å². The molecule has 0 spiro atoms. The van der Waals surface area contributed by atoms with Crippen molar-refractivity contribution in [1.82, 2.24) is 0 Å². The van der Waals surface area contributed by atoms with Crippen molar-refractivity contribution in [2.45, 2.75) is 13.8 Å². The van der Waals surface area contributed by atoms with Crippen molar-refractivity contribution in [3.63, 3.8) is 0 Å². The molecular formula is C19H21BrN2O4. The lowest BCUT2D eigenvalue weighted by Gasteiger charge is -2.12. The highest BCUT2D eigenvalue weighted by Crippen LogP contribution is 2.33. The Morgan fingerprint density at radius 2 is 2.08 bits per heavy atom. The molecule has 0 heterocycles. The number of nitrogens with one attached hydrogen (secondary N) is 1. The van der Waals surface area contributed by atoms with Crippen molar-refractivity contribution in [1.29, 1.82) is 0 Å². The summed E-state index contributed by atoms with van der Waals surface area (Å²) >= 11 is 3.48. The molecule has 0 saturated carbocycles. The van der Waals surface area contributed by atoms with Gasteiger partial charge in [-0.2, -0.15) is 5.10 Å². The first-order chi connectivity index (χ1) is 12.5. The minimum absolute atomic E-state index is 0.182. The second-order valence-corrected chi connectivity index (χ2v) is 6.21. The number of anilines is 1. The van der Waals surface area contributed by atoms with Crippen LogP contribution in [-0.4, -0.2) is 32.5 Å². The molecule has 26 heavy (non-hydrogen) atoms. The molecule has 6 nitrogen and oxygen atoms in total. The number of carbonyl (C=O) groups is 1. The highest BCUT2D eigenvalue weighted by Gasteiger charge is 2.11. The van der Waals surface area contributed by atoms with E-state index in [0.717, 1.165) is 21.3 Å². The lowest BCUT2D eigenvalue weighted by Crippen LogP contribution is -2.15. The molecular weight excluding hydrogens is 400 g/mol. The van der Waals surface area contributed by atoms with Crippen LogP contribution in [0.1, 0.15) is 18.1 Å². The Kier molecular flexibility index (Phi) is 7.47. The molecule has 0 aliphatic carbocycles. The molecule has 0 aliphatic rings. The van der Waals surface area contributed by atoms with E-state index in [9.17, 15) is 4.79 Å². The van der Waals surface area contributed by atoms with Gasteiger partial charge in [0.05, 0.1) is 25.6 Å². The van der Waals surface area contributed by atoms with Crippen LogP contribution in [0.3, 0.4) is 0 Å². The number of nitrogens with zero attached hydrogens (tertiary/aromatic N) is 1. The number of hydrazone groups is 1. The van der Waals surface area contributed by atoms with Crippen molar-refractivity contribution in [2.24, 2.45) is 5.10 Å². The number of hydrogen-bond donors (Lipinski definition) is 1. The molecule has 0 fully saturated rings. The number of ether oxygens (including phenoxy) is 3. The summed E-state index contributed by atoms with van der Waals surface area (Å²) in [7, 11) is 1.53. The maximum absolute atomic E-state index is 11.4. The molecule has 2 aromatic rings. The van der Waals surface area contributed by atoms with Gasteiger partial charge in [0.2, 0.25) is 0 Å². The van der Waals surface area contributed by atoms with Crippen molar-refractivity contribution >= 4 is 33.8 Å². The minimum Gasteiger partial charge on any atom is -0.493 e. The molecule has 0 aliphatic heterocycles. The quantitative estimate of drug-likeness (QED) is 0.394. The fraction of sp³-hybridized carbons (Fsp3) is 0.263. The van der Waals surface area contributed by atoms with Crippen molar-refractivity contribution < 1.29 is 19.0 Å². The number of aryl methyl sites for hydroxylation is 1. The highest BCUT2D eigenvalue weighted by atomic mass is 79.9. The summed E-state index contributed by atoms with van der Waals surface area (Å²) < 4.78 is 16.4. The number of rotatable bonds is 8. The van der Waals surface area contributed by atoms with Gasteiger partial charge >= 0.3 is 5.97 Å². The van der Waals surface area contributed by atoms with Gasteiger partial charge in [-0.3, -0.25) is 5.43 Å². The molecule has 7 heteroatoms. The third-order valence-electron chi connectivity index (χ3n) is 3.35. The Labute approximate surface area is 161 Å². The molecule has 0 unspecified atom stereocenters. The van der Waals surface area contributed by atoms with Crippen LogP contribution in [0.2, 0.25) is 0 Å². The Balaban J connectivity index is 2.09. The van der Waals surface area contributed by atoms with Gasteiger partial charge < -0.3 is 14.2 Å². The van der Waals surface area contributed by atoms with Gasteiger partial charge in [0, 0.05) is 10.0 Å². The number of halogens is 1. The Bertz CT molecular complexity index is 793. The highest BCUT2D eigenvalue weighted by molar-refractivity contribution is 9.10. The third-order valence-corrected chi connectivity index (χ3v) is 4.04. The smallest absolute Gasteiger partial charge is 0.344 e. The summed E-state index contributed by atoms with van der Waals surface area (Å²) in [6.45, 7) is 3.89. The van der Waals surface area contributed by atoms with E-state index in [-0.39, 0.29) is 6.61 Å². The van der Waals surface area contributed by atoms with Crippen molar-refractivity contribution in [2.75, 3.05) is 25.7 Å². The fourth-order valence-corrected chi connectivity index (χ4v) is 2.58. The van der Waals surface area contributed by atoms with E-state index in [0.29, 0.717) is 18.1 Å². The third kappa shape index (κ3) is 5.77. The van der Waals surface area contributed by atoms with E-state index >= 15 is 0 Å². The summed E-state index contributed by atoms with van der Waals surface area (Å²) in [5.74, 6) is 0.504. The van der Waals surface area contributed by atoms with Gasteiger partial charge in [-0.25, -0.2) is 4.79 Å². The number of methoxy groups -OCH3 is 1. The first-order valence-electron chi connectivity index (χ1n) is 8.05. The van der Waals surface area contributed by atoms with Crippen LogP contribution in [-0.2, 0) is 9.53 Å². The standard InChI is InChI=1S/C19H21BrN2O4/c1-4-25-19(23)12-26-18-10-16(20)14(9-17(18)24-3)11-21-22-15-7-5-6-13(2)8-15/h5-11,22H,4,12H2,1-3H3/b21-11-. The van der Waals surface area contributed by atoms with E-state index in [1.807, 2.05) is 31.2 Å². The van der Waals surface area contributed by atoms with Crippen LogP contribution in [0.4, 0.5) is 5.69 Å². The Morgan fingerprint density at radius 1 is 1.27 bits per heavy atom. The van der Waals surface area contributed by atoms with Gasteiger partial charge in [0.1, 0.15) is 0 Å². The lowest BCUT2D eigenvalue weighted by molar-refractivity contribution is -0.145. The normalized spacial score (nSPS) is 10.6. The SMILES string of the molecule is CCOC(=O)COc1cc(Br)c(/C=N\Nc2cccc(C)c2)cc1OC. The van der Waals surface area contributed by atoms with Crippen LogP contribution < -0.4 is 14.9 Å². The lowest BCUT2D eigenvalue weighted by atomic mass is 10.2. The minimum atomic E-state index is -0.432. The molecule has 0 saturated heterocycles. The van der Waals surface area contributed by atoms with Gasteiger partial charge in [-0.05, 0) is 59.6 Å². The number of hydrogen-bond acceptors (Lipinski definition) is 6. The van der Waals surface area contributed by atoms with E-state index in [1.54, 1.807) is 25.3 Å². The summed E-state index contributed by atoms with van der Waals surface area (Å²) in [4.78, 5) is 11.4. The number of esters is 1. The topological polar surface area (TPSA) is 69.2 Å². The summed E-state index contributed by atoms with van der Waals surface area (Å²) in [6.07, 6.45) is 1.67. The molecule has 1 N–H and O–H groups in total. The number of carbonyl (C=O) groups excluding carboxylic acids is 1. The van der Waals surface area contributed by atoms with E-state index in [2.05, 4.69) is 26.5 Å². The number of benzene rings is 2. The Morgan fingerprint density at radius 3 is 2.77 bits per heavy atom. The van der Waals surface area contributed by atoms with Gasteiger partial charge in [0.25, 0.3) is 0 Å². The van der Waals surface area contributed by atoms with Crippen molar-refractivity contribution in [3.8, 4) is 11.5 Å². The first-order valence-corrected chi connectivity index (χ1v) is 8.84. The zero-order chi connectivity index (χ0) is 18.9. The van der Waals surface area contributed by atoms with Gasteiger partial charge in [-0.1, -0.05) is 12.1 Å². The summed E-state index contributed by atoms with van der Waals surface area (Å²) in [5.41, 5.74) is 5.83. The monoisotopic (exact) mass is 420 g/mol. The molecule has 138 valence electrons. The van der Waals surface area contributed by atoms with Crippen LogP contribution in [0.5, 0.6) is 11.5 Å². The van der Waals surface area contributed by atoms with Crippen LogP contribution in [0.25, 0.3) is 0 Å². The summed E-state index contributed by atoms with van der Waals surface area (Å²) in [6, 6.07) is 11.4. The zero-order valence-corrected chi connectivity index (χ0v) is 16.5. The molecule has 2 rings (SSSR count). The molecule has 0 amide bonds. The van der Waals surface area contributed by atoms with Gasteiger partial charge in [0.15, 0.2) is 18.1 Å². The van der Waals surface area contributed by atoms with Crippen LogP contribution in [0.15, 0.2) is 46.0 Å².